The maximum absolute atomic E-state index is 13.4. The summed E-state index contributed by atoms with van der Waals surface area (Å²) >= 11 is 6.24. The third kappa shape index (κ3) is 3.18. The van der Waals surface area contributed by atoms with Crippen molar-refractivity contribution in [3.05, 3.63) is 82.6 Å². The lowest BCUT2D eigenvalue weighted by Crippen LogP contribution is -2.39. The first-order valence-corrected chi connectivity index (χ1v) is 9.93. The summed E-state index contributed by atoms with van der Waals surface area (Å²) in [4.78, 5) is 15.3. The number of para-hydroxylation sites is 1. The molecule has 4 nitrogen and oxygen atoms in total. The molecule has 2 aromatic carbocycles. The Balaban J connectivity index is 1.77. The molecule has 1 N–H and O–H groups in total. The molecule has 1 aromatic heterocycles. The number of benzene rings is 2. The fraction of sp³-hybridized carbons (Fsp3) is 0.261. The molecule has 3 aromatic rings. The third-order valence-electron chi connectivity index (χ3n) is 5.41. The highest BCUT2D eigenvalue weighted by Gasteiger charge is 2.33. The Bertz CT molecular complexity index is 1020. The van der Waals surface area contributed by atoms with Crippen molar-refractivity contribution in [3.63, 3.8) is 0 Å². The van der Waals surface area contributed by atoms with Gasteiger partial charge in [-0.05, 0) is 54.3 Å². The minimum absolute atomic E-state index is 0.0399. The highest BCUT2D eigenvalue weighted by molar-refractivity contribution is 6.31. The summed E-state index contributed by atoms with van der Waals surface area (Å²) in [6, 6.07) is 17.8. The molecule has 0 saturated heterocycles. The molecular weight excluding hydrogens is 370 g/mol. The van der Waals surface area contributed by atoms with E-state index in [4.69, 9.17) is 11.6 Å². The van der Waals surface area contributed by atoms with E-state index < -0.39 is 0 Å². The Morgan fingerprint density at radius 3 is 2.68 bits per heavy atom. The summed E-state index contributed by atoms with van der Waals surface area (Å²) in [6.45, 7) is 6.78. The van der Waals surface area contributed by atoms with E-state index in [2.05, 4.69) is 48.1 Å². The normalized spacial score (nSPS) is 15.8. The first-order chi connectivity index (χ1) is 13.5. The largest absolute Gasteiger partial charge is 0.322 e. The van der Waals surface area contributed by atoms with Gasteiger partial charge in [-0.1, -0.05) is 49.7 Å². The van der Waals surface area contributed by atoms with E-state index in [1.54, 1.807) is 0 Å². The zero-order valence-corrected chi connectivity index (χ0v) is 17.1. The minimum atomic E-state index is -0.117. The van der Waals surface area contributed by atoms with E-state index in [1.165, 1.54) is 0 Å². The van der Waals surface area contributed by atoms with Gasteiger partial charge in [0.05, 0.1) is 18.3 Å². The molecule has 144 valence electrons. The molecular formula is C23H24ClN3O. The molecule has 0 aliphatic carbocycles. The summed E-state index contributed by atoms with van der Waals surface area (Å²) in [6.07, 6.45) is 2.08. The Kier molecular flexibility index (Phi) is 4.90. The number of fused-ring (bicyclic) bond motifs is 3. The molecule has 1 unspecified atom stereocenters. The smallest absolute Gasteiger partial charge is 0.318 e. The molecule has 0 fully saturated rings. The van der Waals surface area contributed by atoms with Gasteiger partial charge in [-0.15, -0.1) is 0 Å². The monoisotopic (exact) mass is 393 g/mol. The van der Waals surface area contributed by atoms with Crippen molar-refractivity contribution < 1.29 is 4.79 Å². The van der Waals surface area contributed by atoms with Crippen molar-refractivity contribution in [1.82, 2.24) is 9.47 Å². The molecule has 28 heavy (non-hydrogen) atoms. The average molecular weight is 394 g/mol. The van der Waals surface area contributed by atoms with Crippen molar-refractivity contribution in [2.75, 3.05) is 5.32 Å². The van der Waals surface area contributed by atoms with Crippen LogP contribution in [-0.4, -0.2) is 15.5 Å². The standard InChI is InChI=1S/C23H24ClN3O/c1-15(2)22-21-12-7-13-26(21)20-11-5-4-8-17(20)14-27(22)23(28)25-19-10-6-9-18(24)16(19)3/h4-13,15,22H,14H2,1-3H3,(H,25,28). The Morgan fingerprint density at radius 1 is 1.11 bits per heavy atom. The van der Waals surface area contributed by atoms with Crippen LogP contribution >= 0.6 is 11.6 Å². The number of nitrogens with one attached hydrogen (secondary N) is 1. The summed E-state index contributed by atoms with van der Waals surface area (Å²) in [5.74, 6) is 0.258. The maximum atomic E-state index is 13.4. The predicted octanol–water partition coefficient (Wildman–Crippen LogP) is 6.18. The van der Waals surface area contributed by atoms with E-state index in [0.29, 0.717) is 11.6 Å². The maximum Gasteiger partial charge on any atom is 0.322 e. The number of hydrogen-bond donors (Lipinski definition) is 1. The number of nitrogens with zero attached hydrogens (tertiary/aromatic N) is 2. The molecule has 0 spiro atoms. The van der Waals surface area contributed by atoms with Gasteiger partial charge < -0.3 is 14.8 Å². The second kappa shape index (κ2) is 7.36. The highest BCUT2D eigenvalue weighted by Crippen LogP contribution is 2.37. The van der Waals surface area contributed by atoms with E-state index in [1.807, 2.05) is 48.2 Å². The molecule has 2 heterocycles. The zero-order chi connectivity index (χ0) is 19.8. The number of carbonyl (C=O) groups excluding carboxylic acids is 1. The van der Waals surface area contributed by atoms with E-state index in [-0.39, 0.29) is 18.0 Å². The number of aromatic nitrogens is 1. The lowest BCUT2D eigenvalue weighted by Gasteiger charge is -2.33. The van der Waals surface area contributed by atoms with Gasteiger partial charge in [0.15, 0.2) is 0 Å². The van der Waals surface area contributed by atoms with Gasteiger partial charge in [0.1, 0.15) is 0 Å². The Hall–Kier alpha value is -2.72. The van der Waals surface area contributed by atoms with Gasteiger partial charge in [0.25, 0.3) is 0 Å². The molecule has 1 aliphatic heterocycles. The molecule has 5 heteroatoms. The number of amides is 2. The van der Waals surface area contributed by atoms with Crippen molar-refractivity contribution in [1.29, 1.82) is 0 Å². The van der Waals surface area contributed by atoms with Crippen LogP contribution in [0.25, 0.3) is 5.69 Å². The second-order valence-corrected chi connectivity index (χ2v) is 8.00. The second-order valence-electron chi connectivity index (χ2n) is 7.59. The highest BCUT2D eigenvalue weighted by atomic mass is 35.5. The summed E-state index contributed by atoms with van der Waals surface area (Å²) < 4.78 is 2.21. The van der Waals surface area contributed by atoms with Crippen LogP contribution in [0.3, 0.4) is 0 Å². The number of rotatable bonds is 2. The van der Waals surface area contributed by atoms with Gasteiger partial charge in [-0.2, -0.15) is 0 Å². The number of anilines is 1. The van der Waals surface area contributed by atoms with E-state index in [9.17, 15) is 4.79 Å². The zero-order valence-electron chi connectivity index (χ0n) is 16.3. The quantitative estimate of drug-likeness (QED) is 0.554. The average Bonchev–Trinajstić information content (AvgIpc) is 3.09. The van der Waals surface area contributed by atoms with Crippen LogP contribution in [-0.2, 0) is 6.54 Å². The first kappa shape index (κ1) is 18.6. The SMILES string of the molecule is Cc1c(Cl)cccc1NC(=O)N1Cc2ccccc2-n2cccc2C1C(C)C. The van der Waals surface area contributed by atoms with Crippen LogP contribution in [0.4, 0.5) is 10.5 Å². The summed E-state index contributed by atoms with van der Waals surface area (Å²) in [5, 5.41) is 3.73. The molecule has 4 rings (SSSR count). The lowest BCUT2D eigenvalue weighted by molar-refractivity contribution is 0.162. The van der Waals surface area contributed by atoms with Crippen molar-refractivity contribution in [2.45, 2.75) is 33.4 Å². The topological polar surface area (TPSA) is 37.3 Å². The van der Waals surface area contributed by atoms with E-state index in [0.717, 1.165) is 28.2 Å². The van der Waals surface area contributed by atoms with Gasteiger partial charge in [-0.25, -0.2) is 4.79 Å². The third-order valence-corrected chi connectivity index (χ3v) is 5.82. The van der Waals surface area contributed by atoms with Gasteiger partial charge in [0, 0.05) is 22.6 Å². The van der Waals surface area contributed by atoms with Crippen LogP contribution in [0, 0.1) is 12.8 Å². The summed E-state index contributed by atoms with van der Waals surface area (Å²) in [5.41, 5.74) is 4.99. The van der Waals surface area contributed by atoms with Crippen LogP contribution in [0.1, 0.15) is 36.7 Å². The Labute approximate surface area is 170 Å². The van der Waals surface area contributed by atoms with Crippen molar-refractivity contribution in [2.24, 2.45) is 5.92 Å². The molecule has 0 radical (unpaired) electrons. The fourth-order valence-corrected chi connectivity index (χ4v) is 4.18. The number of hydrogen-bond acceptors (Lipinski definition) is 1. The minimum Gasteiger partial charge on any atom is -0.318 e. The van der Waals surface area contributed by atoms with Crippen molar-refractivity contribution >= 4 is 23.3 Å². The fourth-order valence-electron chi connectivity index (χ4n) is 4.01. The molecule has 2 amide bonds. The Morgan fingerprint density at radius 2 is 1.89 bits per heavy atom. The van der Waals surface area contributed by atoms with Crippen LogP contribution in [0.15, 0.2) is 60.8 Å². The van der Waals surface area contributed by atoms with Crippen molar-refractivity contribution in [3.8, 4) is 5.69 Å². The lowest BCUT2D eigenvalue weighted by atomic mass is 9.99. The van der Waals surface area contributed by atoms with Crippen LogP contribution in [0.2, 0.25) is 5.02 Å². The van der Waals surface area contributed by atoms with Gasteiger partial charge in [0.2, 0.25) is 0 Å². The number of urea groups is 1. The molecule has 1 aliphatic rings. The summed E-state index contributed by atoms with van der Waals surface area (Å²) in [7, 11) is 0. The number of halogens is 1. The predicted molar refractivity (Wildman–Crippen MR) is 114 cm³/mol. The first-order valence-electron chi connectivity index (χ1n) is 9.55. The van der Waals surface area contributed by atoms with Gasteiger partial charge in [-0.3, -0.25) is 0 Å². The molecule has 0 bridgehead atoms. The molecule has 1 atom stereocenters. The number of carbonyl (C=O) groups is 1. The van der Waals surface area contributed by atoms with Gasteiger partial charge >= 0.3 is 6.03 Å². The van der Waals surface area contributed by atoms with E-state index >= 15 is 0 Å². The van der Waals surface area contributed by atoms with Crippen LogP contribution in [0.5, 0.6) is 0 Å². The van der Waals surface area contributed by atoms with Crippen LogP contribution < -0.4 is 5.32 Å². The molecule has 0 saturated carbocycles.